The number of nitrogens with zero attached hydrogens (tertiary/aromatic N) is 1. The highest BCUT2D eigenvalue weighted by Crippen LogP contribution is 2.22. The Morgan fingerprint density at radius 3 is 2.37 bits per heavy atom. The lowest BCUT2D eigenvalue weighted by Gasteiger charge is -2.23. The molecule has 0 spiro atoms. The van der Waals surface area contributed by atoms with Crippen LogP contribution in [-0.4, -0.2) is 27.1 Å². The number of aryl methyl sites for hydroxylation is 1. The second kappa shape index (κ2) is 7.80. The Morgan fingerprint density at radius 2 is 1.63 bits per heavy atom. The molecule has 0 saturated heterocycles. The van der Waals surface area contributed by atoms with Crippen LogP contribution in [-0.2, 0) is 21.4 Å². The van der Waals surface area contributed by atoms with Gasteiger partial charge in [0.15, 0.2) is 0 Å². The van der Waals surface area contributed by atoms with Crippen molar-refractivity contribution in [3.8, 4) is 0 Å². The summed E-state index contributed by atoms with van der Waals surface area (Å²) in [6, 6.07) is 21.0. The highest BCUT2D eigenvalue weighted by atomic mass is 32.2. The summed E-state index contributed by atoms with van der Waals surface area (Å²) < 4.78 is 25.6. The van der Waals surface area contributed by atoms with E-state index in [9.17, 15) is 13.2 Å². The van der Waals surface area contributed by atoms with Gasteiger partial charge in [0.05, 0.1) is 11.9 Å². The highest BCUT2D eigenvalue weighted by molar-refractivity contribution is 7.92. The summed E-state index contributed by atoms with van der Waals surface area (Å²) in [6.07, 6.45) is 1.11. The molecule has 0 heterocycles. The predicted molar refractivity (Wildman–Crippen MR) is 109 cm³/mol. The summed E-state index contributed by atoms with van der Waals surface area (Å²) in [5.41, 5.74) is 2.30. The van der Waals surface area contributed by atoms with Crippen molar-refractivity contribution in [3.05, 3.63) is 77.9 Å². The molecule has 0 aliphatic rings. The first kappa shape index (κ1) is 18.9. The first-order valence-electron chi connectivity index (χ1n) is 8.63. The molecule has 0 aliphatic carbocycles. The molecule has 5 nitrogen and oxygen atoms in total. The average Bonchev–Trinajstić information content (AvgIpc) is 2.64. The minimum Gasteiger partial charge on any atom is -0.350 e. The fourth-order valence-electron chi connectivity index (χ4n) is 3.05. The van der Waals surface area contributed by atoms with Crippen molar-refractivity contribution in [2.24, 2.45) is 0 Å². The van der Waals surface area contributed by atoms with Crippen LogP contribution in [0.3, 0.4) is 0 Å². The Bertz CT molecular complexity index is 1070. The number of nitrogens with one attached hydrogen (secondary N) is 1. The number of rotatable bonds is 6. The Morgan fingerprint density at radius 1 is 0.963 bits per heavy atom. The summed E-state index contributed by atoms with van der Waals surface area (Å²) in [5, 5.41) is 5.01. The number of hydrogen-bond donors (Lipinski definition) is 1. The van der Waals surface area contributed by atoms with Crippen molar-refractivity contribution >= 4 is 32.4 Å². The number of sulfonamides is 1. The molecule has 0 bridgehead atoms. The van der Waals surface area contributed by atoms with Gasteiger partial charge in [0.2, 0.25) is 15.9 Å². The maximum absolute atomic E-state index is 12.5. The van der Waals surface area contributed by atoms with E-state index in [1.807, 2.05) is 61.5 Å². The second-order valence-electron chi connectivity index (χ2n) is 6.47. The van der Waals surface area contributed by atoms with E-state index in [0.717, 1.165) is 32.5 Å². The molecule has 0 atom stereocenters. The van der Waals surface area contributed by atoms with Crippen molar-refractivity contribution in [2.75, 3.05) is 17.1 Å². The van der Waals surface area contributed by atoms with E-state index in [4.69, 9.17) is 0 Å². The molecule has 0 aliphatic heterocycles. The molecule has 0 saturated carbocycles. The second-order valence-corrected chi connectivity index (χ2v) is 8.38. The number of para-hydroxylation sites is 1. The van der Waals surface area contributed by atoms with Gasteiger partial charge >= 0.3 is 0 Å². The largest absolute Gasteiger partial charge is 0.350 e. The van der Waals surface area contributed by atoms with Gasteiger partial charge in [-0.15, -0.1) is 0 Å². The maximum Gasteiger partial charge on any atom is 0.241 e. The molecular formula is C21H22N2O3S. The van der Waals surface area contributed by atoms with Crippen molar-refractivity contribution in [1.29, 1.82) is 0 Å². The van der Waals surface area contributed by atoms with Crippen LogP contribution in [0, 0.1) is 6.92 Å². The SMILES string of the molecule is Cc1ccccc1N(CC(=O)NCc1cccc2ccccc12)S(C)(=O)=O. The zero-order chi connectivity index (χ0) is 19.4. The fourth-order valence-corrected chi connectivity index (χ4v) is 3.97. The topological polar surface area (TPSA) is 66.5 Å². The Kier molecular flexibility index (Phi) is 5.46. The minimum atomic E-state index is -3.58. The zero-order valence-electron chi connectivity index (χ0n) is 15.3. The molecule has 3 aromatic carbocycles. The van der Waals surface area contributed by atoms with E-state index in [1.54, 1.807) is 12.1 Å². The van der Waals surface area contributed by atoms with E-state index in [-0.39, 0.29) is 12.5 Å². The molecular weight excluding hydrogens is 360 g/mol. The number of hydrogen-bond acceptors (Lipinski definition) is 3. The van der Waals surface area contributed by atoms with Gasteiger partial charge in [-0.25, -0.2) is 8.42 Å². The molecule has 0 radical (unpaired) electrons. The monoisotopic (exact) mass is 382 g/mol. The van der Waals surface area contributed by atoms with Gasteiger partial charge in [-0.05, 0) is 34.9 Å². The summed E-state index contributed by atoms with van der Waals surface area (Å²) in [7, 11) is -3.58. The van der Waals surface area contributed by atoms with Gasteiger partial charge in [-0.3, -0.25) is 9.10 Å². The van der Waals surface area contributed by atoms with E-state index in [1.165, 1.54) is 0 Å². The van der Waals surface area contributed by atoms with Gasteiger partial charge in [0.1, 0.15) is 6.54 Å². The number of fused-ring (bicyclic) bond motifs is 1. The summed E-state index contributed by atoms with van der Waals surface area (Å²) in [5.74, 6) is -0.350. The molecule has 27 heavy (non-hydrogen) atoms. The van der Waals surface area contributed by atoms with Crippen LogP contribution in [0.15, 0.2) is 66.7 Å². The van der Waals surface area contributed by atoms with Crippen LogP contribution in [0.4, 0.5) is 5.69 Å². The lowest BCUT2D eigenvalue weighted by Crippen LogP contribution is -2.40. The highest BCUT2D eigenvalue weighted by Gasteiger charge is 2.22. The molecule has 3 rings (SSSR count). The molecule has 0 unspecified atom stereocenters. The molecule has 0 aromatic heterocycles. The van der Waals surface area contributed by atoms with Crippen molar-refractivity contribution in [3.63, 3.8) is 0 Å². The predicted octanol–water partition coefficient (Wildman–Crippen LogP) is 3.23. The molecule has 6 heteroatoms. The third-order valence-corrected chi connectivity index (χ3v) is 5.55. The van der Waals surface area contributed by atoms with Crippen molar-refractivity contribution in [2.45, 2.75) is 13.5 Å². The van der Waals surface area contributed by atoms with Crippen molar-refractivity contribution < 1.29 is 13.2 Å². The van der Waals surface area contributed by atoms with E-state index in [0.29, 0.717) is 12.2 Å². The maximum atomic E-state index is 12.5. The van der Waals surface area contributed by atoms with Crippen LogP contribution >= 0.6 is 0 Å². The fraction of sp³-hybridized carbons (Fsp3) is 0.190. The van der Waals surface area contributed by atoms with Gasteiger partial charge in [-0.1, -0.05) is 60.7 Å². The Hall–Kier alpha value is -2.86. The number of carbonyl (C=O) groups is 1. The molecule has 0 fully saturated rings. The van der Waals surface area contributed by atoms with Crippen LogP contribution in [0.5, 0.6) is 0 Å². The minimum absolute atomic E-state index is 0.256. The first-order chi connectivity index (χ1) is 12.9. The van der Waals surface area contributed by atoms with Crippen molar-refractivity contribution in [1.82, 2.24) is 5.32 Å². The van der Waals surface area contributed by atoms with E-state index >= 15 is 0 Å². The summed E-state index contributed by atoms with van der Waals surface area (Å²) in [6.45, 7) is 1.90. The van der Waals surface area contributed by atoms with Gasteiger partial charge < -0.3 is 5.32 Å². The van der Waals surface area contributed by atoms with Crippen LogP contribution in [0.2, 0.25) is 0 Å². The van der Waals surface area contributed by atoms with Gasteiger partial charge in [0.25, 0.3) is 0 Å². The van der Waals surface area contributed by atoms with Crippen LogP contribution in [0.25, 0.3) is 10.8 Å². The number of anilines is 1. The zero-order valence-corrected chi connectivity index (χ0v) is 16.2. The molecule has 3 aromatic rings. The Balaban J connectivity index is 1.76. The number of amides is 1. The quantitative estimate of drug-likeness (QED) is 0.712. The summed E-state index contributed by atoms with van der Waals surface area (Å²) in [4.78, 5) is 12.5. The van der Waals surface area contributed by atoms with E-state index in [2.05, 4.69) is 5.32 Å². The van der Waals surface area contributed by atoms with Gasteiger partial charge in [0, 0.05) is 6.54 Å². The smallest absolute Gasteiger partial charge is 0.241 e. The summed E-state index contributed by atoms with van der Waals surface area (Å²) >= 11 is 0. The van der Waals surface area contributed by atoms with Crippen LogP contribution in [0.1, 0.15) is 11.1 Å². The lowest BCUT2D eigenvalue weighted by atomic mass is 10.0. The molecule has 140 valence electrons. The average molecular weight is 382 g/mol. The first-order valence-corrected chi connectivity index (χ1v) is 10.5. The number of carbonyl (C=O) groups excluding carboxylic acids is 1. The normalized spacial score (nSPS) is 11.3. The number of benzene rings is 3. The Labute approximate surface area is 159 Å². The molecule has 1 N–H and O–H groups in total. The third kappa shape index (κ3) is 4.46. The van der Waals surface area contributed by atoms with E-state index < -0.39 is 10.0 Å². The third-order valence-electron chi connectivity index (χ3n) is 4.43. The van der Waals surface area contributed by atoms with Crippen LogP contribution < -0.4 is 9.62 Å². The standard InChI is InChI=1S/C21H22N2O3S/c1-16-8-3-6-13-20(16)23(27(2,25)26)15-21(24)22-14-18-11-7-10-17-9-4-5-12-19(17)18/h3-13H,14-15H2,1-2H3,(H,22,24). The van der Waals surface area contributed by atoms with Gasteiger partial charge in [-0.2, -0.15) is 0 Å². The lowest BCUT2D eigenvalue weighted by molar-refractivity contribution is -0.119. The molecule has 1 amide bonds.